The third kappa shape index (κ3) is 3.47. The van der Waals surface area contributed by atoms with Crippen molar-refractivity contribution < 1.29 is 4.39 Å². The maximum Gasteiger partial charge on any atom is 0.203 e. The van der Waals surface area contributed by atoms with Crippen LogP contribution in [0.4, 0.5) is 4.39 Å². The molecule has 0 fully saturated rings. The van der Waals surface area contributed by atoms with Crippen LogP contribution in [0.1, 0.15) is 24.6 Å². The number of benzene rings is 1. The van der Waals surface area contributed by atoms with Gasteiger partial charge in [-0.3, -0.25) is 9.47 Å². The molecule has 0 saturated heterocycles. The molecule has 0 aliphatic rings. The molecule has 0 spiro atoms. The smallest absolute Gasteiger partial charge is 0.203 e. The van der Waals surface area contributed by atoms with E-state index >= 15 is 0 Å². The second-order valence-corrected chi connectivity index (χ2v) is 7.47. The van der Waals surface area contributed by atoms with Crippen LogP contribution in [0.3, 0.4) is 0 Å². The third-order valence-electron chi connectivity index (χ3n) is 3.58. The van der Waals surface area contributed by atoms with Crippen LogP contribution in [-0.2, 0) is 0 Å². The first kappa shape index (κ1) is 17.0. The van der Waals surface area contributed by atoms with E-state index in [1.165, 1.54) is 35.4 Å². The lowest BCUT2D eigenvalue weighted by Crippen LogP contribution is -2.20. The lowest BCUT2D eigenvalue weighted by molar-refractivity contribution is 0.305. The van der Waals surface area contributed by atoms with Crippen LogP contribution < -0.4 is 0 Å². The van der Waals surface area contributed by atoms with Crippen molar-refractivity contribution in [3.8, 4) is 5.69 Å². The van der Waals surface area contributed by atoms with E-state index < -0.39 is 0 Å². The van der Waals surface area contributed by atoms with Crippen molar-refractivity contribution in [3.63, 3.8) is 0 Å². The van der Waals surface area contributed by atoms with Gasteiger partial charge >= 0.3 is 0 Å². The fourth-order valence-electron chi connectivity index (χ4n) is 2.08. The Bertz CT molecular complexity index is 827. The summed E-state index contributed by atoms with van der Waals surface area (Å²) in [5, 5.41) is 9.35. The Balaban J connectivity index is 2.06. The SMILES string of the molecule is Cc1nsc(Sc2nnc(C(C)N(C)C)n2-c2ccc(F)cc2)n1. The monoisotopic (exact) mass is 364 g/mol. The lowest BCUT2D eigenvalue weighted by atomic mass is 10.2. The van der Waals surface area contributed by atoms with Crippen molar-refractivity contribution >= 4 is 23.3 Å². The summed E-state index contributed by atoms with van der Waals surface area (Å²) in [7, 11) is 3.96. The Morgan fingerprint density at radius 2 is 1.92 bits per heavy atom. The largest absolute Gasteiger partial charge is 0.300 e. The van der Waals surface area contributed by atoms with Gasteiger partial charge in [0, 0.05) is 5.69 Å². The second kappa shape index (κ2) is 6.96. The molecule has 1 atom stereocenters. The molecule has 0 saturated carbocycles. The van der Waals surface area contributed by atoms with Gasteiger partial charge < -0.3 is 0 Å². The average Bonchev–Trinajstić information content (AvgIpc) is 3.14. The van der Waals surface area contributed by atoms with Gasteiger partial charge in [-0.1, -0.05) is 0 Å². The van der Waals surface area contributed by atoms with Crippen LogP contribution in [0, 0.1) is 12.7 Å². The number of rotatable bonds is 5. The van der Waals surface area contributed by atoms with Crippen LogP contribution >= 0.6 is 23.3 Å². The Morgan fingerprint density at radius 1 is 1.21 bits per heavy atom. The molecule has 0 radical (unpaired) electrons. The van der Waals surface area contributed by atoms with Crippen molar-refractivity contribution in [2.45, 2.75) is 29.4 Å². The number of aromatic nitrogens is 5. The summed E-state index contributed by atoms with van der Waals surface area (Å²) in [6, 6.07) is 6.36. The van der Waals surface area contributed by atoms with Crippen LogP contribution in [-0.4, -0.2) is 43.1 Å². The first-order valence-corrected chi connectivity index (χ1v) is 8.90. The van der Waals surface area contributed by atoms with E-state index in [2.05, 4.69) is 19.6 Å². The standard InChI is InChI=1S/C15H17FN6S2/c1-9(21(3)4)13-18-19-14(23-15-17-10(2)20-24-15)22(13)12-7-5-11(16)6-8-12/h5-9H,1-4H3. The molecule has 2 heterocycles. The van der Waals surface area contributed by atoms with Gasteiger partial charge in [-0.15, -0.1) is 10.2 Å². The molecule has 3 rings (SSSR count). The molecule has 0 aliphatic heterocycles. The molecule has 1 unspecified atom stereocenters. The quantitative estimate of drug-likeness (QED) is 0.692. The van der Waals surface area contributed by atoms with E-state index in [-0.39, 0.29) is 11.9 Å². The van der Waals surface area contributed by atoms with Gasteiger partial charge in [0.15, 0.2) is 10.2 Å². The molecule has 2 aromatic heterocycles. The third-order valence-corrected chi connectivity index (χ3v) is 5.37. The molecule has 3 aromatic rings. The molecule has 1 aromatic carbocycles. The first-order valence-electron chi connectivity index (χ1n) is 7.31. The maximum absolute atomic E-state index is 13.3. The van der Waals surface area contributed by atoms with Crippen molar-refractivity contribution in [2.24, 2.45) is 0 Å². The summed E-state index contributed by atoms with van der Waals surface area (Å²) in [6.07, 6.45) is 0. The van der Waals surface area contributed by atoms with Gasteiger partial charge in [0.2, 0.25) is 5.16 Å². The topological polar surface area (TPSA) is 59.7 Å². The van der Waals surface area contributed by atoms with Crippen LogP contribution in [0.2, 0.25) is 0 Å². The number of hydrogen-bond acceptors (Lipinski definition) is 7. The van der Waals surface area contributed by atoms with Crippen molar-refractivity contribution in [1.82, 2.24) is 29.0 Å². The van der Waals surface area contributed by atoms with Gasteiger partial charge in [-0.05, 0) is 75.5 Å². The molecule has 0 N–H and O–H groups in total. The Hall–Kier alpha value is -1.84. The Labute approximate surface area is 147 Å². The van der Waals surface area contributed by atoms with Gasteiger partial charge in [0.25, 0.3) is 0 Å². The molecule has 6 nitrogen and oxygen atoms in total. The highest BCUT2D eigenvalue weighted by Crippen LogP contribution is 2.32. The van der Waals surface area contributed by atoms with Gasteiger partial charge in [-0.2, -0.15) is 4.37 Å². The highest BCUT2D eigenvalue weighted by molar-refractivity contribution is 8.00. The maximum atomic E-state index is 13.3. The van der Waals surface area contributed by atoms with E-state index in [1.807, 2.05) is 37.4 Å². The van der Waals surface area contributed by atoms with E-state index in [9.17, 15) is 4.39 Å². The summed E-state index contributed by atoms with van der Waals surface area (Å²) in [4.78, 5) is 6.41. The van der Waals surface area contributed by atoms with E-state index in [1.54, 1.807) is 12.1 Å². The minimum Gasteiger partial charge on any atom is -0.300 e. The van der Waals surface area contributed by atoms with Crippen molar-refractivity contribution in [2.75, 3.05) is 14.1 Å². The Morgan fingerprint density at radius 3 is 2.50 bits per heavy atom. The highest BCUT2D eigenvalue weighted by Gasteiger charge is 2.22. The lowest BCUT2D eigenvalue weighted by Gasteiger charge is -2.20. The van der Waals surface area contributed by atoms with Crippen molar-refractivity contribution in [3.05, 3.63) is 41.7 Å². The normalized spacial score (nSPS) is 12.8. The van der Waals surface area contributed by atoms with Crippen molar-refractivity contribution in [1.29, 1.82) is 0 Å². The second-order valence-electron chi connectivity index (χ2n) is 5.50. The van der Waals surface area contributed by atoms with Gasteiger partial charge in [0.1, 0.15) is 11.6 Å². The molecule has 0 amide bonds. The zero-order chi connectivity index (χ0) is 17.3. The highest BCUT2D eigenvalue weighted by atomic mass is 32.2. The summed E-state index contributed by atoms with van der Waals surface area (Å²) >= 11 is 2.73. The predicted octanol–water partition coefficient (Wildman–Crippen LogP) is 3.34. The minimum absolute atomic E-state index is 0.0491. The molecule has 0 aliphatic carbocycles. The molecule has 9 heteroatoms. The van der Waals surface area contributed by atoms with E-state index in [0.717, 1.165) is 21.7 Å². The van der Waals surface area contributed by atoms with E-state index in [0.29, 0.717) is 5.16 Å². The first-order chi connectivity index (χ1) is 11.5. The molecule has 24 heavy (non-hydrogen) atoms. The number of nitrogens with zero attached hydrogens (tertiary/aromatic N) is 6. The van der Waals surface area contributed by atoms with E-state index in [4.69, 9.17) is 0 Å². The summed E-state index contributed by atoms with van der Waals surface area (Å²) < 4.78 is 20.2. The predicted molar refractivity (Wildman–Crippen MR) is 92.2 cm³/mol. The summed E-state index contributed by atoms with van der Waals surface area (Å²) in [6.45, 7) is 3.90. The number of halogens is 1. The summed E-state index contributed by atoms with van der Waals surface area (Å²) in [5.41, 5.74) is 0.814. The summed E-state index contributed by atoms with van der Waals surface area (Å²) in [5.74, 6) is 1.25. The molecule has 0 bridgehead atoms. The van der Waals surface area contributed by atoms with Gasteiger partial charge in [0.05, 0.1) is 6.04 Å². The minimum atomic E-state index is -0.275. The fourth-order valence-corrected chi connectivity index (χ4v) is 3.69. The van der Waals surface area contributed by atoms with Crippen LogP contribution in [0.15, 0.2) is 33.8 Å². The number of hydrogen-bond donors (Lipinski definition) is 0. The average molecular weight is 364 g/mol. The molecular weight excluding hydrogens is 347 g/mol. The molecular formula is C15H17FN6S2. The Kier molecular flexibility index (Phi) is 4.93. The zero-order valence-electron chi connectivity index (χ0n) is 13.8. The van der Waals surface area contributed by atoms with Gasteiger partial charge in [-0.25, -0.2) is 9.37 Å². The van der Waals surface area contributed by atoms with Crippen LogP contribution in [0.5, 0.6) is 0 Å². The number of aryl methyl sites for hydroxylation is 1. The zero-order valence-corrected chi connectivity index (χ0v) is 15.4. The fraction of sp³-hybridized carbons (Fsp3) is 0.333. The van der Waals surface area contributed by atoms with Crippen LogP contribution in [0.25, 0.3) is 5.69 Å². The molecule has 126 valence electrons.